The van der Waals surface area contributed by atoms with E-state index in [1.54, 1.807) is 11.8 Å². The van der Waals surface area contributed by atoms with E-state index in [4.69, 9.17) is 4.74 Å². The van der Waals surface area contributed by atoms with Gasteiger partial charge in [-0.1, -0.05) is 13.8 Å². The Morgan fingerprint density at radius 2 is 2.06 bits per heavy atom. The van der Waals surface area contributed by atoms with Crippen LogP contribution in [0.3, 0.4) is 0 Å². The van der Waals surface area contributed by atoms with Crippen molar-refractivity contribution in [3.05, 3.63) is 0 Å². The smallest absolute Gasteiger partial charge is 0.397 e. The van der Waals surface area contributed by atoms with Crippen LogP contribution in [0.5, 0.6) is 0 Å². The van der Waals surface area contributed by atoms with Gasteiger partial charge in [-0.2, -0.15) is 11.8 Å². The zero-order valence-electron chi connectivity index (χ0n) is 10.1. The first-order chi connectivity index (χ1) is 7.46. The lowest BCUT2D eigenvalue weighted by Crippen LogP contribution is -2.39. The topological polar surface area (TPSA) is 46.6 Å². The molecule has 0 aromatic heterocycles. The third kappa shape index (κ3) is 3.70. The van der Waals surface area contributed by atoms with Gasteiger partial charge in [0.2, 0.25) is 0 Å². The Balaban J connectivity index is 2.54. The summed E-state index contributed by atoms with van der Waals surface area (Å²) in [7, 11) is 0. The molecule has 1 aliphatic rings. The second kappa shape index (κ2) is 5.57. The van der Waals surface area contributed by atoms with Crippen LogP contribution in [-0.4, -0.2) is 47.0 Å². The molecule has 5 heteroatoms. The van der Waals surface area contributed by atoms with Crippen molar-refractivity contribution in [1.29, 1.82) is 0 Å². The van der Waals surface area contributed by atoms with Gasteiger partial charge in [0.05, 0.1) is 6.61 Å². The second-order valence-electron chi connectivity index (χ2n) is 4.37. The fourth-order valence-electron chi connectivity index (χ4n) is 1.55. The first-order valence-corrected chi connectivity index (χ1v) is 6.55. The lowest BCUT2D eigenvalue weighted by molar-refractivity contribution is -0.159. The van der Waals surface area contributed by atoms with E-state index in [0.29, 0.717) is 13.1 Å². The van der Waals surface area contributed by atoms with Gasteiger partial charge in [-0.25, -0.2) is 4.79 Å². The fourth-order valence-corrected chi connectivity index (χ4v) is 2.65. The van der Waals surface area contributed by atoms with Crippen molar-refractivity contribution in [2.75, 3.05) is 25.4 Å². The highest BCUT2D eigenvalue weighted by Crippen LogP contribution is 2.30. The average molecular weight is 245 g/mol. The number of thioether (sulfide) groups is 1. The summed E-state index contributed by atoms with van der Waals surface area (Å²) in [4.78, 5) is 24.6. The highest BCUT2D eigenvalue weighted by Gasteiger charge is 2.29. The molecule has 4 nitrogen and oxygen atoms in total. The summed E-state index contributed by atoms with van der Waals surface area (Å²) in [6.45, 7) is 7.54. The summed E-state index contributed by atoms with van der Waals surface area (Å²) in [5.74, 6) is -0.356. The Labute approximate surface area is 101 Å². The number of carbonyl (C=O) groups is 2. The first-order valence-electron chi connectivity index (χ1n) is 5.56. The Morgan fingerprint density at radius 3 is 2.69 bits per heavy atom. The van der Waals surface area contributed by atoms with Crippen LogP contribution in [0.2, 0.25) is 0 Å². The van der Waals surface area contributed by atoms with E-state index in [1.807, 2.05) is 11.8 Å². The van der Waals surface area contributed by atoms with Gasteiger partial charge >= 0.3 is 11.9 Å². The van der Waals surface area contributed by atoms with Gasteiger partial charge in [0, 0.05) is 23.6 Å². The molecule has 0 radical (unpaired) electrons. The minimum Gasteiger partial charge on any atom is -0.459 e. The number of esters is 1. The van der Waals surface area contributed by atoms with Gasteiger partial charge in [0.1, 0.15) is 0 Å². The summed E-state index contributed by atoms with van der Waals surface area (Å²) < 4.78 is 4.90. The molecule has 0 bridgehead atoms. The molecule has 0 aliphatic carbocycles. The number of nitrogens with zero attached hydrogens (tertiary/aromatic N) is 1. The standard InChI is InChI=1S/C11H19NO3S/c1-4-15-10(14)9(13)12-6-5-11(2,3)16-8-7-12/h4-8H2,1-3H3. The Kier molecular flexibility index (Phi) is 4.65. The lowest BCUT2D eigenvalue weighted by Gasteiger charge is -2.22. The number of ether oxygens (including phenoxy) is 1. The molecule has 1 rings (SSSR count). The maximum atomic E-state index is 11.7. The fraction of sp³-hybridized carbons (Fsp3) is 0.818. The highest BCUT2D eigenvalue weighted by atomic mass is 32.2. The molecule has 0 spiro atoms. The molecule has 16 heavy (non-hydrogen) atoms. The normalized spacial score (nSPS) is 20.1. The quantitative estimate of drug-likeness (QED) is 0.516. The van der Waals surface area contributed by atoms with Crippen LogP contribution in [0, 0.1) is 0 Å². The van der Waals surface area contributed by atoms with Crippen LogP contribution in [0.4, 0.5) is 0 Å². The zero-order valence-corrected chi connectivity index (χ0v) is 10.9. The van der Waals surface area contributed by atoms with Gasteiger partial charge in [0.15, 0.2) is 0 Å². The molecule has 0 aromatic carbocycles. The van der Waals surface area contributed by atoms with Crippen LogP contribution in [0.1, 0.15) is 27.2 Å². The summed E-state index contributed by atoms with van der Waals surface area (Å²) >= 11 is 1.84. The van der Waals surface area contributed by atoms with Crippen LogP contribution >= 0.6 is 11.8 Å². The molecular weight excluding hydrogens is 226 g/mol. The van der Waals surface area contributed by atoms with Crippen molar-refractivity contribution in [2.45, 2.75) is 31.9 Å². The van der Waals surface area contributed by atoms with Crippen molar-refractivity contribution in [3.8, 4) is 0 Å². The molecule has 0 unspecified atom stereocenters. The maximum absolute atomic E-state index is 11.7. The molecule has 92 valence electrons. The number of rotatable bonds is 1. The Morgan fingerprint density at radius 1 is 1.38 bits per heavy atom. The average Bonchev–Trinajstić information content (AvgIpc) is 2.39. The molecule has 1 saturated heterocycles. The van der Waals surface area contributed by atoms with E-state index in [0.717, 1.165) is 12.2 Å². The maximum Gasteiger partial charge on any atom is 0.397 e. The lowest BCUT2D eigenvalue weighted by atomic mass is 10.1. The van der Waals surface area contributed by atoms with Crippen molar-refractivity contribution in [3.63, 3.8) is 0 Å². The summed E-state index contributed by atoms with van der Waals surface area (Å²) in [5, 5.41) is 0. The van der Waals surface area contributed by atoms with E-state index in [9.17, 15) is 9.59 Å². The molecule has 1 aliphatic heterocycles. The zero-order chi connectivity index (χ0) is 12.2. The number of hydrogen-bond donors (Lipinski definition) is 0. The predicted octanol–water partition coefficient (Wildman–Crippen LogP) is 1.29. The molecule has 1 amide bonds. The van der Waals surface area contributed by atoms with Crippen molar-refractivity contribution >= 4 is 23.6 Å². The molecule has 1 fully saturated rings. The number of carbonyl (C=O) groups excluding carboxylic acids is 2. The van der Waals surface area contributed by atoms with E-state index < -0.39 is 11.9 Å². The van der Waals surface area contributed by atoms with Crippen LogP contribution in [-0.2, 0) is 14.3 Å². The molecule has 1 heterocycles. The third-order valence-corrected chi connectivity index (χ3v) is 3.95. The third-order valence-electron chi connectivity index (χ3n) is 2.58. The second-order valence-corrected chi connectivity index (χ2v) is 6.17. The minimum atomic E-state index is -0.729. The van der Waals surface area contributed by atoms with Gasteiger partial charge < -0.3 is 9.64 Å². The van der Waals surface area contributed by atoms with Gasteiger partial charge in [-0.05, 0) is 13.3 Å². The van der Waals surface area contributed by atoms with E-state index >= 15 is 0 Å². The van der Waals surface area contributed by atoms with Crippen LogP contribution < -0.4 is 0 Å². The number of hydrogen-bond acceptors (Lipinski definition) is 4. The molecule has 0 saturated carbocycles. The number of amides is 1. The minimum absolute atomic E-state index is 0.184. The molecule has 0 aromatic rings. The van der Waals surface area contributed by atoms with Gasteiger partial charge in [0.25, 0.3) is 0 Å². The monoisotopic (exact) mass is 245 g/mol. The van der Waals surface area contributed by atoms with E-state index in [-0.39, 0.29) is 11.4 Å². The summed E-state index contributed by atoms with van der Waals surface area (Å²) in [6.07, 6.45) is 0.906. The SMILES string of the molecule is CCOC(=O)C(=O)N1CCSC(C)(C)CC1. The summed E-state index contributed by atoms with van der Waals surface area (Å²) in [5.41, 5.74) is 0. The summed E-state index contributed by atoms with van der Waals surface area (Å²) in [6, 6.07) is 0. The predicted molar refractivity (Wildman–Crippen MR) is 64.4 cm³/mol. The van der Waals surface area contributed by atoms with Crippen molar-refractivity contribution in [2.24, 2.45) is 0 Å². The van der Waals surface area contributed by atoms with Gasteiger partial charge in [-0.15, -0.1) is 0 Å². The van der Waals surface area contributed by atoms with Crippen molar-refractivity contribution in [1.82, 2.24) is 4.90 Å². The Bertz CT molecular complexity index is 278. The molecule has 0 atom stereocenters. The largest absolute Gasteiger partial charge is 0.459 e. The highest BCUT2D eigenvalue weighted by molar-refractivity contribution is 8.00. The molecular formula is C11H19NO3S. The van der Waals surface area contributed by atoms with Crippen LogP contribution in [0.15, 0.2) is 0 Å². The van der Waals surface area contributed by atoms with Crippen LogP contribution in [0.25, 0.3) is 0 Å². The first kappa shape index (κ1) is 13.4. The van der Waals surface area contributed by atoms with E-state index in [1.165, 1.54) is 0 Å². The van der Waals surface area contributed by atoms with E-state index in [2.05, 4.69) is 13.8 Å². The molecule has 0 N–H and O–H groups in total. The van der Waals surface area contributed by atoms with Crippen molar-refractivity contribution < 1.29 is 14.3 Å². The van der Waals surface area contributed by atoms with Gasteiger partial charge in [-0.3, -0.25) is 4.79 Å². The Hall–Kier alpha value is -0.710.